The van der Waals surface area contributed by atoms with Crippen LogP contribution in [-0.4, -0.2) is 35.4 Å². The molecule has 2 aromatic rings. The van der Waals surface area contributed by atoms with E-state index in [1.807, 2.05) is 17.5 Å². The molecule has 0 fully saturated rings. The maximum Gasteiger partial charge on any atom is 0.261 e. The van der Waals surface area contributed by atoms with E-state index in [0.717, 1.165) is 9.40 Å². The quantitative estimate of drug-likeness (QED) is 0.766. The fraction of sp³-hybridized carbons (Fsp3) is 0.300. The van der Waals surface area contributed by atoms with Gasteiger partial charge >= 0.3 is 0 Å². The minimum Gasteiger partial charge on any atom is -0.394 e. The summed E-state index contributed by atoms with van der Waals surface area (Å²) in [6.07, 6.45) is 0. The predicted octanol–water partition coefficient (Wildman–Crippen LogP) is 1.05. The van der Waals surface area contributed by atoms with Crippen LogP contribution in [-0.2, 0) is 0 Å². The molecule has 2 aromatic heterocycles. The van der Waals surface area contributed by atoms with E-state index in [1.54, 1.807) is 11.3 Å². The third kappa shape index (κ3) is 2.25. The molecule has 1 amide bonds. The Kier molecular flexibility index (Phi) is 3.55. The molecule has 2 heterocycles. The lowest BCUT2D eigenvalue weighted by molar-refractivity contribution is 0.0883. The van der Waals surface area contributed by atoms with Crippen LogP contribution in [0.5, 0.6) is 0 Å². The van der Waals surface area contributed by atoms with Gasteiger partial charge in [-0.3, -0.25) is 4.79 Å². The smallest absolute Gasteiger partial charge is 0.261 e. The Hall–Kier alpha value is -0.950. The Bertz CT molecular complexity index is 458. The minimum absolute atomic E-state index is 0.249. The highest BCUT2D eigenvalue weighted by Gasteiger charge is 2.14. The molecule has 3 N–H and O–H groups in total. The van der Waals surface area contributed by atoms with Gasteiger partial charge in [-0.05, 0) is 17.5 Å². The van der Waals surface area contributed by atoms with Gasteiger partial charge in [0.2, 0.25) is 0 Å². The van der Waals surface area contributed by atoms with Crippen molar-refractivity contribution in [3.63, 3.8) is 0 Å². The van der Waals surface area contributed by atoms with Crippen molar-refractivity contribution in [1.29, 1.82) is 0 Å². The van der Waals surface area contributed by atoms with Crippen molar-refractivity contribution in [3.8, 4) is 0 Å². The summed E-state index contributed by atoms with van der Waals surface area (Å²) in [4.78, 5) is 12.3. The highest BCUT2D eigenvalue weighted by Crippen LogP contribution is 2.29. The molecule has 0 spiro atoms. The Morgan fingerprint density at radius 3 is 2.75 bits per heavy atom. The Labute approximate surface area is 100 Å². The zero-order chi connectivity index (χ0) is 11.5. The largest absolute Gasteiger partial charge is 0.394 e. The lowest BCUT2D eigenvalue weighted by atomic mass is 10.3. The number of carbonyl (C=O) groups is 1. The summed E-state index contributed by atoms with van der Waals surface area (Å²) in [6, 6.07) is 3.20. The van der Waals surface area contributed by atoms with Crippen LogP contribution in [0, 0.1) is 0 Å². The molecule has 0 saturated heterocycles. The van der Waals surface area contributed by atoms with E-state index in [4.69, 9.17) is 10.2 Å². The fourth-order valence-electron chi connectivity index (χ4n) is 1.28. The molecule has 16 heavy (non-hydrogen) atoms. The topological polar surface area (TPSA) is 69.6 Å². The molecule has 0 atom stereocenters. The number of nitrogens with one attached hydrogen (secondary N) is 1. The summed E-state index contributed by atoms with van der Waals surface area (Å²) in [7, 11) is 0. The highest BCUT2D eigenvalue weighted by atomic mass is 32.1. The van der Waals surface area contributed by atoms with Gasteiger partial charge in [-0.1, -0.05) is 0 Å². The van der Waals surface area contributed by atoms with Crippen LogP contribution in [0.25, 0.3) is 9.40 Å². The summed E-state index contributed by atoms with van der Waals surface area (Å²) >= 11 is 3.00. The van der Waals surface area contributed by atoms with Crippen LogP contribution in [0.2, 0.25) is 0 Å². The van der Waals surface area contributed by atoms with Gasteiger partial charge in [-0.2, -0.15) is 0 Å². The van der Waals surface area contributed by atoms with Crippen molar-refractivity contribution >= 4 is 38.0 Å². The fourth-order valence-corrected chi connectivity index (χ4v) is 3.30. The number of rotatable bonds is 4. The molecule has 0 saturated carbocycles. The van der Waals surface area contributed by atoms with E-state index in [2.05, 4.69) is 5.32 Å². The minimum atomic E-state index is -0.590. The van der Waals surface area contributed by atoms with E-state index >= 15 is 0 Å². The van der Waals surface area contributed by atoms with Gasteiger partial charge in [0.15, 0.2) is 0 Å². The number of hydrogen-bond acceptors (Lipinski definition) is 5. The molecule has 0 unspecified atom stereocenters. The van der Waals surface area contributed by atoms with Gasteiger partial charge in [0, 0.05) is 9.40 Å². The first kappa shape index (κ1) is 11.5. The maximum absolute atomic E-state index is 11.7. The first-order valence-electron chi connectivity index (χ1n) is 4.74. The molecule has 0 aliphatic carbocycles. The molecule has 4 nitrogen and oxygen atoms in total. The SMILES string of the molecule is O=C(NC(CO)CO)c1cc2sccc2s1. The number of aliphatic hydroxyl groups is 2. The Morgan fingerprint density at radius 1 is 1.38 bits per heavy atom. The molecule has 0 aliphatic rings. The Morgan fingerprint density at radius 2 is 2.12 bits per heavy atom. The van der Waals surface area contributed by atoms with Crippen molar-refractivity contribution in [1.82, 2.24) is 5.32 Å². The molecule has 2 rings (SSSR count). The summed E-state index contributed by atoms with van der Waals surface area (Å²) in [5.74, 6) is -0.249. The summed E-state index contributed by atoms with van der Waals surface area (Å²) in [5.41, 5.74) is 0. The standard InChI is InChI=1S/C10H11NO3S2/c12-4-6(5-13)11-10(14)9-3-8-7(16-9)1-2-15-8/h1-3,6,12-13H,4-5H2,(H,11,14). The summed E-state index contributed by atoms with van der Waals surface area (Å²) in [5, 5.41) is 22.2. The summed E-state index contributed by atoms with van der Waals surface area (Å²) < 4.78 is 2.17. The van der Waals surface area contributed by atoms with Crippen molar-refractivity contribution < 1.29 is 15.0 Å². The zero-order valence-electron chi connectivity index (χ0n) is 8.34. The molecular formula is C10H11NO3S2. The van der Waals surface area contributed by atoms with Crippen LogP contribution in [0.3, 0.4) is 0 Å². The second kappa shape index (κ2) is 4.92. The lowest BCUT2D eigenvalue weighted by Crippen LogP contribution is -2.39. The van der Waals surface area contributed by atoms with E-state index in [1.165, 1.54) is 11.3 Å². The third-order valence-corrected chi connectivity index (χ3v) is 4.23. The van der Waals surface area contributed by atoms with E-state index in [0.29, 0.717) is 4.88 Å². The van der Waals surface area contributed by atoms with Crippen LogP contribution in [0.15, 0.2) is 17.5 Å². The number of hydrogen-bond donors (Lipinski definition) is 3. The van der Waals surface area contributed by atoms with E-state index in [-0.39, 0.29) is 19.1 Å². The molecule has 0 aliphatic heterocycles. The Balaban J connectivity index is 2.12. The van der Waals surface area contributed by atoms with Crippen LogP contribution >= 0.6 is 22.7 Å². The molecule has 86 valence electrons. The molecular weight excluding hydrogens is 246 g/mol. The monoisotopic (exact) mass is 257 g/mol. The van der Waals surface area contributed by atoms with E-state index in [9.17, 15) is 4.79 Å². The van der Waals surface area contributed by atoms with Crippen molar-refractivity contribution in [2.45, 2.75) is 6.04 Å². The van der Waals surface area contributed by atoms with Crippen molar-refractivity contribution in [2.24, 2.45) is 0 Å². The van der Waals surface area contributed by atoms with E-state index < -0.39 is 6.04 Å². The summed E-state index contributed by atoms with van der Waals surface area (Å²) in [6.45, 7) is -0.524. The van der Waals surface area contributed by atoms with Crippen molar-refractivity contribution in [3.05, 3.63) is 22.4 Å². The average molecular weight is 257 g/mol. The highest BCUT2D eigenvalue weighted by molar-refractivity contribution is 7.27. The number of carbonyl (C=O) groups excluding carboxylic acids is 1. The van der Waals surface area contributed by atoms with Crippen LogP contribution < -0.4 is 5.32 Å². The molecule has 0 bridgehead atoms. The van der Waals surface area contributed by atoms with Crippen LogP contribution in [0.4, 0.5) is 0 Å². The van der Waals surface area contributed by atoms with Gasteiger partial charge in [-0.15, -0.1) is 22.7 Å². The molecule has 0 radical (unpaired) electrons. The molecule has 6 heteroatoms. The predicted molar refractivity (Wildman–Crippen MR) is 65.1 cm³/mol. The lowest BCUT2D eigenvalue weighted by Gasteiger charge is -2.11. The zero-order valence-corrected chi connectivity index (χ0v) is 9.98. The second-order valence-corrected chi connectivity index (χ2v) is 5.33. The third-order valence-electron chi connectivity index (χ3n) is 2.14. The first-order valence-corrected chi connectivity index (χ1v) is 6.44. The number of aliphatic hydroxyl groups excluding tert-OH is 2. The number of thiophene rings is 2. The number of fused-ring (bicyclic) bond motifs is 1. The normalized spacial score (nSPS) is 11.2. The molecule has 0 aromatic carbocycles. The van der Waals surface area contributed by atoms with Crippen molar-refractivity contribution in [2.75, 3.05) is 13.2 Å². The van der Waals surface area contributed by atoms with Crippen LogP contribution in [0.1, 0.15) is 9.67 Å². The van der Waals surface area contributed by atoms with Gasteiger partial charge in [0.25, 0.3) is 5.91 Å². The maximum atomic E-state index is 11.7. The average Bonchev–Trinajstić information content (AvgIpc) is 2.85. The first-order chi connectivity index (χ1) is 7.74. The van der Waals surface area contributed by atoms with Gasteiger partial charge in [0.05, 0.1) is 24.1 Å². The second-order valence-electron chi connectivity index (χ2n) is 3.30. The number of amides is 1. The van der Waals surface area contributed by atoms with Gasteiger partial charge < -0.3 is 15.5 Å². The van der Waals surface area contributed by atoms with Gasteiger partial charge in [-0.25, -0.2) is 0 Å². The van der Waals surface area contributed by atoms with Gasteiger partial charge in [0.1, 0.15) is 0 Å².